The Morgan fingerprint density at radius 3 is 2.80 bits per heavy atom. The molecule has 0 amide bonds. The molecule has 4 heteroatoms. The van der Waals surface area contributed by atoms with Crippen LogP contribution in [-0.2, 0) is 6.61 Å². The normalized spacial score (nSPS) is 9.70. The van der Waals surface area contributed by atoms with E-state index in [1.165, 1.54) is 12.3 Å². The molecule has 4 nitrogen and oxygen atoms in total. The fraction of sp³-hybridized carbons (Fsp3) is 0.167. The van der Waals surface area contributed by atoms with Gasteiger partial charge in [0.15, 0.2) is 0 Å². The molecule has 0 radical (unpaired) electrons. The fourth-order valence-electron chi connectivity index (χ4n) is 0.566. The van der Waals surface area contributed by atoms with Crippen LogP contribution in [0.1, 0.15) is 16.1 Å². The zero-order valence-electron chi connectivity index (χ0n) is 5.03. The van der Waals surface area contributed by atoms with Gasteiger partial charge in [0, 0.05) is 5.56 Å². The number of carbonyl (C=O) groups excluding carboxylic acids is 1. The van der Waals surface area contributed by atoms with Gasteiger partial charge in [0.05, 0.1) is 12.9 Å². The lowest BCUT2D eigenvalue weighted by Crippen LogP contribution is -2.21. The van der Waals surface area contributed by atoms with Gasteiger partial charge < -0.3 is 19.4 Å². The Hall–Kier alpha value is -1.29. The van der Waals surface area contributed by atoms with Crippen LogP contribution in [0.2, 0.25) is 0 Å². The van der Waals surface area contributed by atoms with Crippen LogP contribution in [0.5, 0.6) is 0 Å². The van der Waals surface area contributed by atoms with Crippen molar-refractivity contribution >= 4 is 5.97 Å². The molecule has 0 aromatic carbocycles. The molecule has 0 fully saturated rings. The molecule has 0 atom stereocenters. The monoisotopic (exact) mass is 141 g/mol. The fourth-order valence-corrected chi connectivity index (χ4v) is 0.566. The van der Waals surface area contributed by atoms with Crippen molar-refractivity contribution in [3.63, 3.8) is 0 Å². The van der Waals surface area contributed by atoms with Gasteiger partial charge in [0.2, 0.25) is 0 Å². The first kappa shape index (κ1) is 6.82. The van der Waals surface area contributed by atoms with Crippen LogP contribution >= 0.6 is 0 Å². The summed E-state index contributed by atoms with van der Waals surface area (Å²) in [5.74, 6) is -1.64. The highest BCUT2D eigenvalue weighted by Crippen LogP contribution is 2.05. The van der Waals surface area contributed by atoms with Crippen molar-refractivity contribution in [2.24, 2.45) is 0 Å². The van der Waals surface area contributed by atoms with E-state index < -0.39 is 5.97 Å². The van der Waals surface area contributed by atoms with E-state index in [-0.39, 0.29) is 12.4 Å². The third-order valence-electron chi connectivity index (χ3n) is 1.04. The molecular formula is C6H5O4-. The number of aromatic carboxylic acids is 1. The van der Waals surface area contributed by atoms with Crippen molar-refractivity contribution in [3.05, 3.63) is 23.7 Å². The molecule has 1 aromatic rings. The van der Waals surface area contributed by atoms with Crippen LogP contribution in [0.4, 0.5) is 0 Å². The maximum atomic E-state index is 10.0. The van der Waals surface area contributed by atoms with Crippen LogP contribution in [0.3, 0.4) is 0 Å². The molecule has 54 valence electrons. The van der Waals surface area contributed by atoms with Gasteiger partial charge in [-0.1, -0.05) is 0 Å². The molecule has 0 aliphatic heterocycles. The lowest BCUT2D eigenvalue weighted by Gasteiger charge is -1.91. The first-order chi connectivity index (χ1) is 4.74. The molecule has 10 heavy (non-hydrogen) atoms. The van der Waals surface area contributed by atoms with Crippen LogP contribution < -0.4 is 5.11 Å². The molecule has 0 spiro atoms. The third kappa shape index (κ3) is 1.16. The minimum absolute atomic E-state index is 0.225. The molecule has 0 saturated heterocycles. The van der Waals surface area contributed by atoms with Gasteiger partial charge in [-0.25, -0.2) is 0 Å². The molecule has 0 bridgehead atoms. The Labute approximate surface area is 56.7 Å². The number of hydrogen-bond acceptors (Lipinski definition) is 4. The van der Waals surface area contributed by atoms with Gasteiger partial charge in [0.1, 0.15) is 11.7 Å². The lowest BCUT2D eigenvalue weighted by atomic mass is 10.3. The lowest BCUT2D eigenvalue weighted by molar-refractivity contribution is -0.257. The van der Waals surface area contributed by atoms with Gasteiger partial charge in [-0.05, 0) is 6.07 Å². The van der Waals surface area contributed by atoms with E-state index in [0.29, 0.717) is 5.56 Å². The molecule has 1 heterocycles. The molecule has 0 aliphatic carbocycles. The number of aliphatic hydroxyl groups excluding tert-OH is 1. The molecule has 0 aliphatic rings. The van der Waals surface area contributed by atoms with E-state index in [1.807, 2.05) is 0 Å². The maximum absolute atomic E-state index is 10.0. The van der Waals surface area contributed by atoms with E-state index in [4.69, 9.17) is 5.11 Å². The van der Waals surface area contributed by atoms with Crippen LogP contribution in [0, 0.1) is 0 Å². The second-order valence-electron chi connectivity index (χ2n) is 1.76. The highest BCUT2D eigenvalue weighted by molar-refractivity contribution is 5.82. The maximum Gasteiger partial charge on any atom is 0.149 e. The molecular weight excluding hydrogens is 136 g/mol. The summed E-state index contributed by atoms with van der Waals surface area (Å²) >= 11 is 0. The number of hydrogen-bond donors (Lipinski definition) is 1. The summed E-state index contributed by atoms with van der Waals surface area (Å²) in [5.41, 5.74) is 0.430. The number of rotatable bonds is 2. The highest BCUT2D eigenvalue weighted by Gasteiger charge is 1.99. The first-order valence-corrected chi connectivity index (χ1v) is 2.63. The predicted molar refractivity (Wildman–Crippen MR) is 29.0 cm³/mol. The third-order valence-corrected chi connectivity index (χ3v) is 1.04. The summed E-state index contributed by atoms with van der Waals surface area (Å²) in [6.45, 7) is -0.225. The average molecular weight is 141 g/mol. The second kappa shape index (κ2) is 2.53. The molecule has 1 rings (SSSR count). The summed E-state index contributed by atoms with van der Waals surface area (Å²) in [6, 6.07) is 1.22. The minimum atomic E-state index is -1.38. The number of aliphatic hydroxyl groups is 1. The number of carboxylic acid groups (broad SMARTS) is 1. The summed E-state index contributed by atoms with van der Waals surface area (Å²) in [7, 11) is 0. The Kier molecular flexibility index (Phi) is 1.73. The second-order valence-corrected chi connectivity index (χ2v) is 1.76. The van der Waals surface area contributed by atoms with E-state index in [2.05, 4.69) is 4.42 Å². The SMILES string of the molecule is O=C([O-])c1cc(CO)co1. The number of furan rings is 1. The Morgan fingerprint density at radius 1 is 1.80 bits per heavy atom. The van der Waals surface area contributed by atoms with Crippen molar-refractivity contribution in [1.29, 1.82) is 0 Å². The molecule has 0 unspecified atom stereocenters. The predicted octanol–water partition coefficient (Wildman–Crippen LogP) is -0.865. The topological polar surface area (TPSA) is 73.5 Å². The van der Waals surface area contributed by atoms with E-state index >= 15 is 0 Å². The van der Waals surface area contributed by atoms with Crippen molar-refractivity contribution < 1.29 is 19.4 Å². The van der Waals surface area contributed by atoms with E-state index in [0.717, 1.165) is 0 Å². The largest absolute Gasteiger partial charge is 0.542 e. The molecule has 1 aromatic heterocycles. The Morgan fingerprint density at radius 2 is 2.50 bits per heavy atom. The van der Waals surface area contributed by atoms with Crippen molar-refractivity contribution in [1.82, 2.24) is 0 Å². The van der Waals surface area contributed by atoms with Gasteiger partial charge in [-0.3, -0.25) is 0 Å². The van der Waals surface area contributed by atoms with E-state index in [9.17, 15) is 9.90 Å². The first-order valence-electron chi connectivity index (χ1n) is 2.63. The highest BCUT2D eigenvalue weighted by atomic mass is 16.4. The summed E-state index contributed by atoms with van der Waals surface area (Å²) in [5, 5.41) is 18.5. The summed E-state index contributed by atoms with van der Waals surface area (Å²) in [4.78, 5) is 10.0. The molecule has 0 saturated carbocycles. The van der Waals surface area contributed by atoms with Crippen molar-refractivity contribution in [2.45, 2.75) is 6.61 Å². The quantitative estimate of drug-likeness (QED) is 0.581. The van der Waals surface area contributed by atoms with E-state index in [1.54, 1.807) is 0 Å². The van der Waals surface area contributed by atoms with Crippen molar-refractivity contribution in [3.8, 4) is 0 Å². The zero-order valence-corrected chi connectivity index (χ0v) is 5.03. The van der Waals surface area contributed by atoms with Crippen LogP contribution in [0.25, 0.3) is 0 Å². The van der Waals surface area contributed by atoms with Crippen LogP contribution in [-0.4, -0.2) is 11.1 Å². The number of carboxylic acids is 1. The van der Waals surface area contributed by atoms with Gasteiger partial charge in [-0.2, -0.15) is 0 Å². The van der Waals surface area contributed by atoms with Crippen molar-refractivity contribution in [2.75, 3.05) is 0 Å². The van der Waals surface area contributed by atoms with Crippen LogP contribution in [0.15, 0.2) is 16.7 Å². The Balaban J connectivity index is 2.88. The van der Waals surface area contributed by atoms with Gasteiger partial charge in [-0.15, -0.1) is 0 Å². The number of carbonyl (C=O) groups is 1. The Bertz CT molecular complexity index is 238. The smallest absolute Gasteiger partial charge is 0.149 e. The summed E-state index contributed by atoms with van der Waals surface area (Å²) < 4.78 is 4.49. The van der Waals surface area contributed by atoms with Gasteiger partial charge in [0.25, 0.3) is 0 Å². The average Bonchev–Trinajstić information content (AvgIpc) is 2.34. The summed E-state index contributed by atoms with van der Waals surface area (Å²) in [6.07, 6.45) is 1.17. The minimum Gasteiger partial charge on any atom is -0.542 e. The zero-order chi connectivity index (χ0) is 7.56. The standard InChI is InChI=1S/C6H6O4/c7-2-4-1-5(6(8)9)10-3-4/h1,3,7H,2H2,(H,8,9)/p-1. The van der Waals surface area contributed by atoms with Gasteiger partial charge >= 0.3 is 0 Å². The molecule has 1 N–H and O–H groups in total.